The number of fused-ring (bicyclic) bond motifs is 1. The van der Waals surface area contributed by atoms with Crippen molar-refractivity contribution in [2.24, 2.45) is 23.0 Å². The van der Waals surface area contributed by atoms with Crippen LogP contribution in [0.2, 0.25) is 0 Å². The van der Waals surface area contributed by atoms with E-state index < -0.39 is 47.9 Å². The molecule has 2 aliphatic rings. The Morgan fingerprint density at radius 2 is 1.93 bits per heavy atom. The van der Waals surface area contributed by atoms with Gasteiger partial charge in [0.05, 0.1) is 36.7 Å². The minimum atomic E-state index is -1.66. The van der Waals surface area contributed by atoms with E-state index in [9.17, 15) is 25.2 Å². The minimum absolute atomic E-state index is 0.0651. The van der Waals surface area contributed by atoms with E-state index in [1.54, 1.807) is 6.92 Å². The molecule has 0 aromatic carbocycles. The summed E-state index contributed by atoms with van der Waals surface area (Å²) in [4.78, 5) is 12.1. The lowest BCUT2D eigenvalue weighted by Gasteiger charge is -2.49. The van der Waals surface area contributed by atoms with Crippen molar-refractivity contribution in [3.8, 4) is 0 Å². The number of nitrogens with two attached hydrogens (primary N) is 1. The summed E-state index contributed by atoms with van der Waals surface area (Å²) < 4.78 is 5.58. The number of rotatable bonds is 10. The van der Waals surface area contributed by atoms with Crippen molar-refractivity contribution in [3.63, 3.8) is 0 Å². The van der Waals surface area contributed by atoms with Gasteiger partial charge in [0, 0.05) is 5.54 Å². The van der Waals surface area contributed by atoms with Crippen molar-refractivity contribution in [2.45, 2.75) is 88.9 Å². The summed E-state index contributed by atoms with van der Waals surface area (Å²) in [5, 5.41) is 43.2. The largest absolute Gasteiger partial charge is 0.396 e. The van der Waals surface area contributed by atoms with E-state index in [4.69, 9.17) is 10.5 Å². The molecular formula is C20H38N2O6S. The van der Waals surface area contributed by atoms with Crippen molar-refractivity contribution in [2.75, 3.05) is 12.4 Å². The van der Waals surface area contributed by atoms with Gasteiger partial charge in [-0.2, -0.15) is 0 Å². The van der Waals surface area contributed by atoms with Gasteiger partial charge < -0.3 is 36.2 Å². The van der Waals surface area contributed by atoms with Gasteiger partial charge in [-0.3, -0.25) is 4.79 Å². The van der Waals surface area contributed by atoms with Gasteiger partial charge in [0.25, 0.3) is 0 Å². The van der Waals surface area contributed by atoms with Gasteiger partial charge >= 0.3 is 0 Å². The van der Waals surface area contributed by atoms with Crippen LogP contribution in [0.25, 0.3) is 0 Å². The Balaban J connectivity index is 1.87. The lowest BCUT2D eigenvalue weighted by molar-refractivity contribution is -0.355. The van der Waals surface area contributed by atoms with Gasteiger partial charge in [-0.05, 0) is 44.3 Å². The molecule has 29 heavy (non-hydrogen) atoms. The fourth-order valence-electron chi connectivity index (χ4n) is 4.54. The first kappa shape index (κ1) is 24.8. The molecule has 8 nitrogen and oxygen atoms in total. The summed E-state index contributed by atoms with van der Waals surface area (Å²) in [5.41, 5.74) is 4.84. The number of aliphatic hydroxyl groups excluding tert-OH is 3. The van der Waals surface area contributed by atoms with Crippen LogP contribution in [0.5, 0.6) is 0 Å². The molecule has 0 aromatic rings. The van der Waals surface area contributed by atoms with Gasteiger partial charge in [0.15, 0.2) is 5.79 Å². The minimum Gasteiger partial charge on any atom is -0.396 e. The first-order chi connectivity index (χ1) is 13.3. The predicted octanol–water partition coefficient (Wildman–Crippen LogP) is 0.163. The molecule has 8 atom stereocenters. The molecule has 0 spiro atoms. The van der Waals surface area contributed by atoms with Crippen molar-refractivity contribution in [1.29, 1.82) is 0 Å². The second-order valence-corrected chi connectivity index (χ2v) is 10.9. The van der Waals surface area contributed by atoms with Crippen LogP contribution in [-0.4, -0.2) is 73.7 Å². The number of hydrogen-bond acceptors (Lipinski definition) is 8. The Labute approximate surface area is 177 Å². The summed E-state index contributed by atoms with van der Waals surface area (Å²) in [5.74, 6) is -2.60. The predicted molar refractivity (Wildman–Crippen MR) is 112 cm³/mol. The molecule has 0 aromatic heterocycles. The number of carbonyl (C=O) groups excluding carboxylic acids is 1. The van der Waals surface area contributed by atoms with E-state index in [2.05, 4.69) is 19.2 Å². The number of aliphatic hydroxyl groups is 4. The zero-order valence-electron chi connectivity index (χ0n) is 18.1. The van der Waals surface area contributed by atoms with Crippen LogP contribution in [0.4, 0.5) is 0 Å². The van der Waals surface area contributed by atoms with Crippen molar-refractivity contribution >= 4 is 17.7 Å². The number of amides is 1. The Kier molecular flexibility index (Phi) is 7.69. The monoisotopic (exact) mass is 434 g/mol. The van der Waals surface area contributed by atoms with E-state index >= 15 is 0 Å². The highest BCUT2D eigenvalue weighted by Crippen LogP contribution is 2.56. The zero-order chi connectivity index (χ0) is 22.2. The molecule has 2 fully saturated rings. The molecule has 7 N–H and O–H groups in total. The van der Waals surface area contributed by atoms with Crippen molar-refractivity contribution in [3.05, 3.63) is 0 Å². The summed E-state index contributed by atoms with van der Waals surface area (Å²) >= 11 is 1.49. The Morgan fingerprint density at radius 1 is 1.31 bits per heavy atom. The quantitative estimate of drug-likeness (QED) is 0.285. The second-order valence-electron chi connectivity index (χ2n) is 9.69. The van der Waals surface area contributed by atoms with Crippen LogP contribution in [0.1, 0.15) is 53.9 Å². The topological polar surface area (TPSA) is 145 Å². The molecule has 2 rings (SSSR count). The van der Waals surface area contributed by atoms with Gasteiger partial charge in [0.2, 0.25) is 5.91 Å². The fourth-order valence-corrected chi connectivity index (χ4v) is 6.23. The van der Waals surface area contributed by atoms with E-state index in [1.165, 1.54) is 11.8 Å². The number of hydrogen-bond donors (Lipinski definition) is 6. The first-order valence-electron chi connectivity index (χ1n) is 10.4. The Bertz CT molecular complexity index is 591. The van der Waals surface area contributed by atoms with Crippen LogP contribution < -0.4 is 11.1 Å². The Hall–Kier alpha value is -0.420. The highest BCUT2D eigenvalue weighted by Gasteiger charge is 2.70. The zero-order valence-corrected chi connectivity index (χ0v) is 18.9. The summed E-state index contributed by atoms with van der Waals surface area (Å²) in [6.45, 7) is 9.59. The molecule has 1 aliphatic heterocycles. The van der Waals surface area contributed by atoms with E-state index in [0.29, 0.717) is 0 Å². The molecule has 1 saturated heterocycles. The third-order valence-electron chi connectivity index (χ3n) is 6.48. The highest BCUT2D eigenvalue weighted by atomic mass is 32.2. The molecule has 9 heteroatoms. The first-order valence-corrected chi connectivity index (χ1v) is 11.4. The van der Waals surface area contributed by atoms with Crippen LogP contribution in [-0.2, 0) is 9.53 Å². The van der Waals surface area contributed by atoms with Crippen molar-refractivity contribution < 1.29 is 30.0 Å². The standard InChI is InChI=1S/C20H38N2O6S/c1-6-19(5,22-16(26)11(2)21)10-18(3,4)7-8-29-17-13-15(25)14(24)12(9-23)20(13,27)28-17/h11-15,17,23-25,27H,6-10,21H2,1-5H3,(H,22,26). The van der Waals surface area contributed by atoms with E-state index in [-0.39, 0.29) is 16.9 Å². The highest BCUT2D eigenvalue weighted by molar-refractivity contribution is 7.99. The van der Waals surface area contributed by atoms with E-state index in [0.717, 1.165) is 25.0 Å². The molecule has 1 saturated carbocycles. The molecule has 0 bridgehead atoms. The van der Waals surface area contributed by atoms with E-state index in [1.807, 2.05) is 13.8 Å². The van der Waals surface area contributed by atoms with Gasteiger partial charge in [-0.15, -0.1) is 11.8 Å². The fraction of sp³-hybridized carbons (Fsp3) is 0.950. The Morgan fingerprint density at radius 3 is 2.45 bits per heavy atom. The van der Waals surface area contributed by atoms with Crippen LogP contribution >= 0.6 is 11.8 Å². The van der Waals surface area contributed by atoms with Crippen LogP contribution in [0, 0.1) is 17.3 Å². The summed E-state index contributed by atoms with van der Waals surface area (Å²) in [6, 6.07) is -0.551. The SMILES string of the molecule is CCC(C)(CC(C)(C)CCSC1OC2(O)C(CO)C(O)C(O)C12)NC(=O)C(C)N. The number of carbonyl (C=O) groups is 1. The third-order valence-corrected chi connectivity index (χ3v) is 7.64. The lowest BCUT2D eigenvalue weighted by Crippen LogP contribution is -2.61. The number of thioether (sulfide) groups is 1. The van der Waals surface area contributed by atoms with Crippen LogP contribution in [0.3, 0.4) is 0 Å². The maximum atomic E-state index is 12.1. The molecule has 8 unspecified atom stereocenters. The molecule has 1 aliphatic carbocycles. The molecular weight excluding hydrogens is 396 g/mol. The summed E-state index contributed by atoms with van der Waals surface area (Å²) in [6.07, 6.45) is 0.0933. The molecule has 1 heterocycles. The molecule has 1 amide bonds. The molecule has 170 valence electrons. The van der Waals surface area contributed by atoms with Gasteiger partial charge in [0.1, 0.15) is 5.44 Å². The molecule has 0 radical (unpaired) electrons. The maximum Gasteiger partial charge on any atom is 0.237 e. The van der Waals surface area contributed by atoms with Crippen molar-refractivity contribution in [1.82, 2.24) is 5.32 Å². The summed E-state index contributed by atoms with van der Waals surface area (Å²) in [7, 11) is 0. The second kappa shape index (κ2) is 8.98. The van der Waals surface area contributed by atoms with Gasteiger partial charge in [-0.1, -0.05) is 20.8 Å². The lowest BCUT2D eigenvalue weighted by atomic mass is 9.76. The number of ether oxygens (including phenoxy) is 1. The van der Waals surface area contributed by atoms with Crippen LogP contribution in [0.15, 0.2) is 0 Å². The third kappa shape index (κ3) is 5.08. The van der Waals surface area contributed by atoms with Gasteiger partial charge in [-0.25, -0.2) is 0 Å². The maximum absolute atomic E-state index is 12.1. The average molecular weight is 435 g/mol. The normalized spacial score (nSPS) is 37.4. The number of nitrogens with one attached hydrogen (secondary N) is 1. The average Bonchev–Trinajstić information content (AvgIpc) is 2.73. The smallest absolute Gasteiger partial charge is 0.237 e.